The summed E-state index contributed by atoms with van der Waals surface area (Å²) >= 11 is 1.24. The first-order valence-corrected chi connectivity index (χ1v) is 9.58. The van der Waals surface area contributed by atoms with Crippen molar-refractivity contribution < 1.29 is 23.8 Å². The molecule has 2 aromatic rings. The molecule has 1 atom stereocenters. The summed E-state index contributed by atoms with van der Waals surface area (Å²) in [5.74, 6) is -1.94. The number of aliphatic hydroxyl groups is 1. The zero-order valence-corrected chi connectivity index (χ0v) is 15.7. The highest BCUT2D eigenvalue weighted by Gasteiger charge is 2.43. The highest BCUT2D eigenvalue weighted by Crippen LogP contribution is 2.39. The number of thiophene rings is 1. The Kier molecular flexibility index (Phi) is 6.03. The van der Waals surface area contributed by atoms with Gasteiger partial charge in [0.05, 0.1) is 16.5 Å². The lowest BCUT2D eigenvalue weighted by atomic mass is 9.95. The van der Waals surface area contributed by atoms with Crippen LogP contribution in [0.1, 0.15) is 34.6 Å². The smallest absolute Gasteiger partial charge is 0.290 e. The van der Waals surface area contributed by atoms with Gasteiger partial charge in [0.1, 0.15) is 5.82 Å². The molecule has 7 heteroatoms. The summed E-state index contributed by atoms with van der Waals surface area (Å²) in [6.45, 7) is 3.23. The molecular weight excluding hydrogens is 369 g/mol. The Morgan fingerprint density at radius 1 is 1.30 bits per heavy atom. The topological polar surface area (TPSA) is 66.8 Å². The Balaban J connectivity index is 1.96. The molecule has 0 aliphatic carbocycles. The molecule has 0 bridgehead atoms. The van der Waals surface area contributed by atoms with Crippen LogP contribution in [0, 0.1) is 5.82 Å². The van der Waals surface area contributed by atoms with E-state index in [1.807, 2.05) is 6.92 Å². The van der Waals surface area contributed by atoms with Crippen molar-refractivity contribution in [3.8, 4) is 0 Å². The standard InChI is InChI=1S/C20H20FNO4S/c1-2-26-11-4-10-22-17(13-6-8-14(21)9-7-13)16(19(24)20(22)25)18(23)15-5-3-12-27-15/h3,5-9,12,17,24H,2,4,10-11H2,1H3. The molecule has 1 aromatic carbocycles. The fourth-order valence-electron chi connectivity index (χ4n) is 3.13. The fourth-order valence-corrected chi connectivity index (χ4v) is 3.81. The minimum Gasteiger partial charge on any atom is -0.503 e. The quantitative estimate of drug-likeness (QED) is 0.549. The van der Waals surface area contributed by atoms with Gasteiger partial charge >= 0.3 is 0 Å². The predicted molar refractivity (Wildman–Crippen MR) is 100 cm³/mol. The molecule has 5 nitrogen and oxygen atoms in total. The highest BCUT2D eigenvalue weighted by molar-refractivity contribution is 7.12. The minimum absolute atomic E-state index is 0.0328. The van der Waals surface area contributed by atoms with Gasteiger partial charge in [-0.2, -0.15) is 0 Å². The van der Waals surface area contributed by atoms with E-state index < -0.39 is 29.3 Å². The molecule has 0 radical (unpaired) electrons. The maximum absolute atomic E-state index is 13.4. The first kappa shape index (κ1) is 19.3. The lowest BCUT2D eigenvalue weighted by Crippen LogP contribution is -2.32. The van der Waals surface area contributed by atoms with E-state index in [2.05, 4.69) is 0 Å². The summed E-state index contributed by atoms with van der Waals surface area (Å²) in [7, 11) is 0. The number of rotatable bonds is 8. The average molecular weight is 389 g/mol. The normalized spacial score (nSPS) is 17.0. The molecule has 27 heavy (non-hydrogen) atoms. The minimum atomic E-state index is -0.755. The third kappa shape index (κ3) is 3.94. The third-order valence-electron chi connectivity index (χ3n) is 4.37. The van der Waals surface area contributed by atoms with Crippen LogP contribution in [-0.4, -0.2) is 41.5 Å². The van der Waals surface area contributed by atoms with Crippen molar-refractivity contribution >= 4 is 23.0 Å². The van der Waals surface area contributed by atoms with E-state index in [1.54, 1.807) is 17.5 Å². The van der Waals surface area contributed by atoms with E-state index in [4.69, 9.17) is 4.74 Å². The Morgan fingerprint density at radius 2 is 2.04 bits per heavy atom. The van der Waals surface area contributed by atoms with E-state index in [0.29, 0.717) is 36.6 Å². The monoisotopic (exact) mass is 389 g/mol. The molecule has 3 rings (SSSR count). The molecule has 1 amide bonds. The number of carbonyl (C=O) groups is 2. The van der Waals surface area contributed by atoms with E-state index in [-0.39, 0.29) is 5.57 Å². The first-order valence-electron chi connectivity index (χ1n) is 8.70. The van der Waals surface area contributed by atoms with Gasteiger partial charge in [-0.05, 0) is 42.5 Å². The van der Waals surface area contributed by atoms with Crippen molar-refractivity contribution in [3.63, 3.8) is 0 Å². The number of hydrogen-bond acceptors (Lipinski definition) is 5. The Labute approximate surface area is 160 Å². The Bertz CT molecular complexity index is 845. The van der Waals surface area contributed by atoms with E-state index >= 15 is 0 Å². The van der Waals surface area contributed by atoms with Gasteiger partial charge in [0.25, 0.3) is 5.91 Å². The highest BCUT2D eigenvalue weighted by atomic mass is 32.1. The number of aliphatic hydroxyl groups excluding tert-OH is 1. The molecule has 1 unspecified atom stereocenters. The molecule has 1 aliphatic rings. The van der Waals surface area contributed by atoms with Crippen molar-refractivity contribution in [2.45, 2.75) is 19.4 Å². The number of ether oxygens (including phenoxy) is 1. The van der Waals surface area contributed by atoms with Crippen LogP contribution >= 0.6 is 11.3 Å². The van der Waals surface area contributed by atoms with E-state index in [1.165, 1.54) is 40.5 Å². The number of halogens is 1. The third-order valence-corrected chi connectivity index (χ3v) is 5.24. The lowest BCUT2D eigenvalue weighted by molar-refractivity contribution is -0.129. The summed E-state index contributed by atoms with van der Waals surface area (Å²) < 4.78 is 18.7. The summed E-state index contributed by atoms with van der Waals surface area (Å²) in [6.07, 6.45) is 0.561. The molecular formula is C20H20FNO4S. The van der Waals surface area contributed by atoms with Crippen LogP contribution in [0.5, 0.6) is 0 Å². The van der Waals surface area contributed by atoms with Gasteiger partial charge in [-0.15, -0.1) is 11.3 Å². The van der Waals surface area contributed by atoms with Crippen LogP contribution in [0.25, 0.3) is 0 Å². The average Bonchev–Trinajstić information content (AvgIpc) is 3.28. The van der Waals surface area contributed by atoms with Gasteiger partial charge in [-0.1, -0.05) is 18.2 Å². The molecule has 1 aromatic heterocycles. The number of hydrogen-bond donors (Lipinski definition) is 1. The van der Waals surface area contributed by atoms with Crippen LogP contribution in [0.2, 0.25) is 0 Å². The number of nitrogens with zero attached hydrogens (tertiary/aromatic N) is 1. The zero-order chi connectivity index (χ0) is 19.4. The molecule has 1 N–H and O–H groups in total. The first-order chi connectivity index (χ1) is 13.0. The largest absolute Gasteiger partial charge is 0.503 e. The Morgan fingerprint density at radius 3 is 2.67 bits per heavy atom. The van der Waals surface area contributed by atoms with Crippen LogP contribution in [0.3, 0.4) is 0 Å². The van der Waals surface area contributed by atoms with Crippen LogP contribution in [0.4, 0.5) is 4.39 Å². The summed E-state index contributed by atoms with van der Waals surface area (Å²) in [6, 6.07) is 8.25. The maximum Gasteiger partial charge on any atom is 0.290 e. The van der Waals surface area contributed by atoms with Crippen molar-refractivity contribution in [1.29, 1.82) is 0 Å². The number of amides is 1. The number of benzene rings is 1. The van der Waals surface area contributed by atoms with Crippen LogP contribution < -0.4 is 0 Å². The molecule has 0 saturated carbocycles. The SMILES string of the molecule is CCOCCCN1C(=O)C(O)=C(C(=O)c2cccs2)C1c1ccc(F)cc1. The summed E-state index contributed by atoms with van der Waals surface area (Å²) in [5, 5.41) is 12.2. The van der Waals surface area contributed by atoms with E-state index in [9.17, 15) is 19.1 Å². The summed E-state index contributed by atoms with van der Waals surface area (Å²) in [4.78, 5) is 27.5. The molecule has 2 heterocycles. The van der Waals surface area contributed by atoms with Gasteiger partial charge in [0, 0.05) is 19.8 Å². The van der Waals surface area contributed by atoms with Crippen LogP contribution in [0.15, 0.2) is 53.1 Å². The van der Waals surface area contributed by atoms with Gasteiger partial charge in [0.2, 0.25) is 5.78 Å². The van der Waals surface area contributed by atoms with Gasteiger partial charge in [-0.25, -0.2) is 4.39 Å². The summed E-state index contributed by atoms with van der Waals surface area (Å²) in [5.41, 5.74) is 0.607. The molecule has 0 fully saturated rings. The van der Waals surface area contributed by atoms with E-state index in [0.717, 1.165) is 0 Å². The number of ketones is 1. The van der Waals surface area contributed by atoms with Crippen molar-refractivity contribution in [3.05, 3.63) is 69.4 Å². The number of Topliss-reactive ketones (excluding diaryl/α,β-unsaturated/α-hetero) is 1. The fraction of sp³-hybridized carbons (Fsp3) is 0.300. The van der Waals surface area contributed by atoms with Crippen molar-refractivity contribution in [1.82, 2.24) is 4.90 Å². The molecule has 0 spiro atoms. The second-order valence-electron chi connectivity index (χ2n) is 6.07. The zero-order valence-electron chi connectivity index (χ0n) is 14.9. The van der Waals surface area contributed by atoms with Gasteiger partial charge in [-0.3, -0.25) is 9.59 Å². The molecule has 0 saturated heterocycles. The maximum atomic E-state index is 13.4. The lowest BCUT2D eigenvalue weighted by Gasteiger charge is -2.26. The van der Waals surface area contributed by atoms with Crippen molar-refractivity contribution in [2.75, 3.05) is 19.8 Å². The molecule has 1 aliphatic heterocycles. The second-order valence-corrected chi connectivity index (χ2v) is 7.02. The number of carbonyl (C=O) groups excluding carboxylic acids is 2. The second kappa shape index (κ2) is 8.45. The Hall–Kier alpha value is -2.51. The van der Waals surface area contributed by atoms with Crippen LogP contribution in [-0.2, 0) is 9.53 Å². The molecule has 142 valence electrons. The van der Waals surface area contributed by atoms with Gasteiger partial charge < -0.3 is 14.7 Å². The predicted octanol–water partition coefficient (Wildman–Crippen LogP) is 3.89. The van der Waals surface area contributed by atoms with Crippen molar-refractivity contribution in [2.24, 2.45) is 0 Å². The van der Waals surface area contributed by atoms with Gasteiger partial charge in [0.15, 0.2) is 5.76 Å².